The van der Waals surface area contributed by atoms with Crippen LogP contribution in [0.15, 0.2) is 63.9 Å². The van der Waals surface area contributed by atoms with Crippen molar-refractivity contribution in [2.75, 3.05) is 7.11 Å². The van der Waals surface area contributed by atoms with E-state index in [-0.39, 0.29) is 22.1 Å². The molecule has 2 aromatic carbocycles. The molecule has 0 aliphatic heterocycles. The molecule has 0 saturated heterocycles. The van der Waals surface area contributed by atoms with E-state index in [1.165, 1.54) is 19.2 Å². The fraction of sp³-hybridized carbons (Fsp3) is 0.0870. The molecule has 0 saturated carbocycles. The number of thiazole rings is 1. The lowest BCUT2D eigenvalue weighted by Crippen LogP contribution is -2.21. The van der Waals surface area contributed by atoms with Crippen molar-refractivity contribution in [3.63, 3.8) is 0 Å². The van der Waals surface area contributed by atoms with Gasteiger partial charge in [-0.2, -0.15) is 5.26 Å². The third kappa shape index (κ3) is 5.09. The zero-order valence-electron chi connectivity index (χ0n) is 18.5. The number of hydrogen-bond acceptors (Lipinski definition) is 10. The quantitative estimate of drug-likeness (QED) is 0.152. The highest BCUT2D eigenvalue weighted by molar-refractivity contribution is 8.00. The van der Waals surface area contributed by atoms with Crippen LogP contribution >= 0.6 is 23.1 Å². The molecule has 13 heteroatoms. The van der Waals surface area contributed by atoms with Gasteiger partial charge in [0.25, 0.3) is 11.2 Å². The Kier molecular flexibility index (Phi) is 7.09. The molecule has 36 heavy (non-hydrogen) atoms. The van der Waals surface area contributed by atoms with Gasteiger partial charge < -0.3 is 15.5 Å². The number of aromatic amines is 1. The number of non-ortho nitro benzene ring substituents is 1. The number of rotatable bonds is 8. The van der Waals surface area contributed by atoms with Crippen molar-refractivity contribution in [2.24, 2.45) is 5.73 Å². The smallest absolute Gasteiger partial charge is 0.270 e. The molecule has 180 valence electrons. The average Bonchev–Trinajstić information content (AvgIpc) is 3.37. The molecule has 11 nitrogen and oxygen atoms in total. The summed E-state index contributed by atoms with van der Waals surface area (Å²) >= 11 is 2.02. The van der Waals surface area contributed by atoms with Crippen LogP contribution in [-0.2, 0) is 4.79 Å². The SMILES string of the molecule is COc1ccc(-c2nc(SC(C(N)=O)c3nc(-c4cccc([N+](=O)[O-])c4)cs3)[nH]c(=O)c2C#N)cc1. The molecule has 1 unspecified atom stereocenters. The summed E-state index contributed by atoms with van der Waals surface area (Å²) in [6.45, 7) is 0. The molecule has 1 atom stereocenters. The number of nitriles is 1. The number of nitrogens with zero attached hydrogens (tertiary/aromatic N) is 4. The molecule has 0 bridgehead atoms. The van der Waals surface area contributed by atoms with Crippen LogP contribution < -0.4 is 16.0 Å². The van der Waals surface area contributed by atoms with Crippen LogP contribution in [0.3, 0.4) is 0 Å². The predicted molar refractivity (Wildman–Crippen MR) is 134 cm³/mol. The zero-order chi connectivity index (χ0) is 25.8. The van der Waals surface area contributed by atoms with E-state index in [4.69, 9.17) is 10.5 Å². The van der Waals surface area contributed by atoms with E-state index >= 15 is 0 Å². The highest BCUT2D eigenvalue weighted by atomic mass is 32.2. The summed E-state index contributed by atoms with van der Waals surface area (Å²) in [6, 6.07) is 14.5. The molecule has 2 aromatic heterocycles. The number of nitro groups is 1. The van der Waals surface area contributed by atoms with E-state index in [2.05, 4.69) is 15.0 Å². The number of carbonyl (C=O) groups is 1. The number of primary amides is 1. The number of carbonyl (C=O) groups excluding carboxylic acids is 1. The number of amides is 1. The maximum absolute atomic E-state index is 12.6. The number of H-pyrrole nitrogens is 1. The fourth-order valence-electron chi connectivity index (χ4n) is 3.23. The number of nitrogens with two attached hydrogens (primary N) is 1. The number of benzene rings is 2. The molecular weight excluding hydrogens is 504 g/mol. The van der Waals surface area contributed by atoms with E-state index in [1.54, 1.807) is 41.8 Å². The summed E-state index contributed by atoms with van der Waals surface area (Å²) in [5.74, 6) is -0.133. The molecule has 0 aliphatic carbocycles. The number of ether oxygens (including phenoxy) is 1. The first-order valence-electron chi connectivity index (χ1n) is 10.2. The van der Waals surface area contributed by atoms with Crippen LogP contribution in [0.1, 0.15) is 15.8 Å². The van der Waals surface area contributed by atoms with Gasteiger partial charge in [-0.05, 0) is 24.3 Å². The highest BCUT2D eigenvalue weighted by Crippen LogP contribution is 2.37. The summed E-state index contributed by atoms with van der Waals surface area (Å²) in [5.41, 5.74) is 6.30. The second-order valence-electron chi connectivity index (χ2n) is 7.21. The molecular formula is C23H16N6O5S2. The molecule has 0 spiro atoms. The second-order valence-corrected chi connectivity index (χ2v) is 9.20. The van der Waals surface area contributed by atoms with Gasteiger partial charge in [-0.25, -0.2) is 9.97 Å². The van der Waals surface area contributed by atoms with E-state index < -0.39 is 21.6 Å². The number of methoxy groups -OCH3 is 1. The van der Waals surface area contributed by atoms with Gasteiger partial charge >= 0.3 is 0 Å². The summed E-state index contributed by atoms with van der Waals surface area (Å²) in [6.07, 6.45) is 0. The number of thioether (sulfide) groups is 1. The highest BCUT2D eigenvalue weighted by Gasteiger charge is 2.26. The maximum atomic E-state index is 12.6. The minimum absolute atomic E-state index is 0.0701. The maximum Gasteiger partial charge on any atom is 0.270 e. The van der Waals surface area contributed by atoms with Crippen molar-refractivity contribution in [3.05, 3.63) is 85.0 Å². The summed E-state index contributed by atoms with van der Waals surface area (Å²) < 4.78 is 5.14. The number of nitrogens with one attached hydrogen (secondary N) is 1. The Labute approximate surface area is 211 Å². The molecule has 0 fully saturated rings. The van der Waals surface area contributed by atoms with Crippen LogP contribution in [0.5, 0.6) is 5.75 Å². The lowest BCUT2D eigenvalue weighted by Gasteiger charge is -2.11. The number of aromatic nitrogens is 3. The Morgan fingerprint density at radius 3 is 2.64 bits per heavy atom. The van der Waals surface area contributed by atoms with E-state index in [1.807, 2.05) is 6.07 Å². The Balaban J connectivity index is 1.69. The average molecular weight is 521 g/mol. The lowest BCUT2D eigenvalue weighted by molar-refractivity contribution is -0.384. The molecule has 4 aromatic rings. The van der Waals surface area contributed by atoms with Crippen LogP contribution in [-0.4, -0.2) is 32.9 Å². The van der Waals surface area contributed by atoms with Crippen molar-refractivity contribution in [1.82, 2.24) is 15.0 Å². The Morgan fingerprint density at radius 2 is 2.00 bits per heavy atom. The van der Waals surface area contributed by atoms with E-state index in [0.717, 1.165) is 23.1 Å². The molecule has 1 amide bonds. The summed E-state index contributed by atoms with van der Waals surface area (Å²) in [7, 11) is 1.52. The zero-order valence-corrected chi connectivity index (χ0v) is 20.1. The van der Waals surface area contributed by atoms with Crippen molar-refractivity contribution in [1.29, 1.82) is 5.26 Å². The fourth-order valence-corrected chi connectivity index (χ4v) is 5.14. The minimum atomic E-state index is -1.01. The van der Waals surface area contributed by atoms with Gasteiger partial charge in [0.1, 0.15) is 27.6 Å². The molecule has 2 heterocycles. The summed E-state index contributed by atoms with van der Waals surface area (Å²) in [5, 5.41) is 21.6. The van der Waals surface area contributed by atoms with E-state index in [0.29, 0.717) is 27.6 Å². The van der Waals surface area contributed by atoms with Crippen molar-refractivity contribution < 1.29 is 14.5 Å². The van der Waals surface area contributed by atoms with E-state index in [9.17, 15) is 25.0 Å². The van der Waals surface area contributed by atoms with Gasteiger partial charge in [-0.3, -0.25) is 19.7 Å². The van der Waals surface area contributed by atoms with Gasteiger partial charge in [0.05, 0.1) is 23.4 Å². The summed E-state index contributed by atoms with van der Waals surface area (Å²) in [4.78, 5) is 46.9. The van der Waals surface area contributed by atoms with Crippen LogP contribution in [0.25, 0.3) is 22.5 Å². The monoisotopic (exact) mass is 520 g/mol. The first-order valence-corrected chi connectivity index (χ1v) is 11.9. The standard InChI is InChI=1S/C23H16N6O5S2/c1-34-15-7-5-12(6-8-15)18-16(10-24)21(31)28-23(27-18)36-19(20(25)30)22-26-17(11-35-22)13-3-2-4-14(9-13)29(32)33/h2-9,11,19H,1H3,(H2,25,30)(H,27,28,31). The Morgan fingerprint density at radius 1 is 1.25 bits per heavy atom. The van der Waals surface area contributed by atoms with Crippen LogP contribution in [0.2, 0.25) is 0 Å². The van der Waals surface area contributed by atoms with Crippen molar-refractivity contribution >= 4 is 34.7 Å². The normalized spacial score (nSPS) is 11.4. The molecule has 0 radical (unpaired) electrons. The third-order valence-corrected chi connectivity index (χ3v) is 7.13. The lowest BCUT2D eigenvalue weighted by atomic mass is 10.1. The molecule has 3 N–H and O–H groups in total. The van der Waals surface area contributed by atoms with Crippen LogP contribution in [0.4, 0.5) is 5.69 Å². The second kappa shape index (κ2) is 10.4. The third-order valence-electron chi connectivity index (χ3n) is 4.96. The van der Waals surface area contributed by atoms with Gasteiger partial charge in [0.2, 0.25) is 5.91 Å². The van der Waals surface area contributed by atoms with Gasteiger partial charge in [0.15, 0.2) is 5.16 Å². The predicted octanol–water partition coefficient (Wildman–Crippen LogP) is 3.67. The molecule has 0 aliphatic rings. The largest absolute Gasteiger partial charge is 0.497 e. The number of nitro benzene ring substituents is 1. The van der Waals surface area contributed by atoms with Gasteiger partial charge in [-0.1, -0.05) is 23.9 Å². The topological polar surface area (TPSA) is 178 Å². The number of hydrogen-bond donors (Lipinski definition) is 2. The first-order chi connectivity index (χ1) is 17.3. The Hall–Kier alpha value is -4.54. The van der Waals surface area contributed by atoms with Gasteiger partial charge in [-0.15, -0.1) is 11.3 Å². The van der Waals surface area contributed by atoms with Crippen molar-refractivity contribution in [2.45, 2.75) is 10.4 Å². The molecule has 4 rings (SSSR count). The van der Waals surface area contributed by atoms with Crippen molar-refractivity contribution in [3.8, 4) is 34.3 Å². The minimum Gasteiger partial charge on any atom is -0.497 e. The van der Waals surface area contributed by atoms with Gasteiger partial charge in [0, 0.05) is 28.6 Å². The Bertz CT molecular complexity index is 1560. The first kappa shape index (κ1) is 24.6. The van der Waals surface area contributed by atoms with Crippen LogP contribution in [0, 0.1) is 21.4 Å².